The van der Waals surface area contributed by atoms with E-state index in [0.717, 1.165) is 12.7 Å². The summed E-state index contributed by atoms with van der Waals surface area (Å²) in [6, 6.07) is 6.25. The van der Waals surface area contributed by atoms with Gasteiger partial charge in [0.2, 0.25) is 0 Å². The van der Waals surface area contributed by atoms with Gasteiger partial charge in [-0.1, -0.05) is 50.6 Å². The van der Waals surface area contributed by atoms with Gasteiger partial charge in [-0.05, 0) is 18.9 Å². The Hall–Kier alpha value is -1.03. The van der Waals surface area contributed by atoms with Crippen LogP contribution in [0.4, 0.5) is 13.2 Å². The first-order valence-corrected chi connectivity index (χ1v) is 6.06. The largest absolute Gasteiger partial charge is 0.421 e. The Morgan fingerprint density at radius 1 is 1.06 bits per heavy atom. The summed E-state index contributed by atoms with van der Waals surface area (Å²) < 4.78 is 43.9. The molecule has 1 unspecified atom stereocenters. The molecule has 0 N–H and O–H groups in total. The van der Waals surface area contributed by atoms with Crippen molar-refractivity contribution in [2.45, 2.75) is 45.9 Å². The quantitative estimate of drug-likeness (QED) is 0.757. The van der Waals surface area contributed by atoms with Crippen LogP contribution >= 0.6 is 0 Å². The standard InChI is InChI=1S/C12H15F3O.C2H6/c1-4-11(16-3,12(13,14)15)10-7-5-9(2)6-8-10;1-2/h5-8H,4H2,1-3H3;1-2H3. The molecular weight excluding hydrogens is 241 g/mol. The van der Waals surface area contributed by atoms with Crippen molar-refractivity contribution < 1.29 is 17.9 Å². The fourth-order valence-electron chi connectivity index (χ4n) is 1.77. The van der Waals surface area contributed by atoms with Crippen LogP contribution in [0.15, 0.2) is 24.3 Å². The smallest absolute Gasteiger partial charge is 0.364 e. The highest BCUT2D eigenvalue weighted by molar-refractivity contribution is 5.28. The van der Waals surface area contributed by atoms with Crippen LogP contribution in [-0.2, 0) is 10.3 Å². The van der Waals surface area contributed by atoms with E-state index in [1.807, 2.05) is 20.8 Å². The van der Waals surface area contributed by atoms with Crippen LogP contribution < -0.4 is 0 Å². The zero-order valence-corrected chi connectivity index (χ0v) is 11.6. The first kappa shape index (κ1) is 17.0. The lowest BCUT2D eigenvalue weighted by Crippen LogP contribution is -2.43. The monoisotopic (exact) mass is 262 g/mol. The SMILES string of the molecule is CC.CCC(OC)(c1ccc(C)cc1)C(F)(F)F. The molecule has 0 heterocycles. The van der Waals surface area contributed by atoms with E-state index in [0.29, 0.717) is 0 Å². The number of methoxy groups -OCH3 is 1. The fourth-order valence-corrected chi connectivity index (χ4v) is 1.77. The molecule has 1 aromatic carbocycles. The van der Waals surface area contributed by atoms with E-state index in [1.54, 1.807) is 12.1 Å². The molecule has 0 amide bonds. The lowest BCUT2D eigenvalue weighted by molar-refractivity contribution is -0.278. The highest BCUT2D eigenvalue weighted by Gasteiger charge is 2.55. The molecular formula is C14H21F3O. The van der Waals surface area contributed by atoms with Crippen LogP contribution in [0.2, 0.25) is 0 Å². The summed E-state index contributed by atoms with van der Waals surface area (Å²) in [6.07, 6.45) is -4.55. The van der Waals surface area contributed by atoms with Crippen molar-refractivity contribution in [2.75, 3.05) is 7.11 Å². The normalized spacial score (nSPS) is 14.4. The average Bonchev–Trinajstić information content (AvgIpc) is 2.34. The molecule has 0 spiro atoms. The maximum Gasteiger partial charge on any atom is 0.421 e. The third-order valence-corrected chi connectivity index (χ3v) is 2.82. The molecule has 0 saturated heterocycles. The molecule has 0 radical (unpaired) electrons. The topological polar surface area (TPSA) is 9.23 Å². The summed E-state index contributed by atoms with van der Waals surface area (Å²) in [7, 11) is 1.09. The molecule has 1 nitrogen and oxygen atoms in total. The van der Waals surface area contributed by atoms with Gasteiger partial charge in [0.25, 0.3) is 0 Å². The van der Waals surface area contributed by atoms with Gasteiger partial charge in [-0.2, -0.15) is 13.2 Å². The van der Waals surface area contributed by atoms with Crippen LogP contribution in [0, 0.1) is 6.92 Å². The van der Waals surface area contributed by atoms with Gasteiger partial charge in [0, 0.05) is 7.11 Å². The second-order valence-electron chi connectivity index (χ2n) is 3.75. The molecule has 0 bridgehead atoms. The highest BCUT2D eigenvalue weighted by Crippen LogP contribution is 2.44. The Morgan fingerprint density at radius 2 is 1.50 bits per heavy atom. The van der Waals surface area contributed by atoms with Gasteiger partial charge in [0.15, 0.2) is 5.60 Å². The molecule has 104 valence electrons. The number of ether oxygens (including phenoxy) is 1. The Balaban J connectivity index is 0.00000137. The molecule has 18 heavy (non-hydrogen) atoms. The minimum Gasteiger partial charge on any atom is -0.364 e. The number of rotatable bonds is 3. The Bertz CT molecular complexity index is 337. The van der Waals surface area contributed by atoms with Crippen LogP contribution in [0.25, 0.3) is 0 Å². The van der Waals surface area contributed by atoms with Crippen LogP contribution in [0.1, 0.15) is 38.3 Å². The van der Waals surface area contributed by atoms with Gasteiger partial charge < -0.3 is 4.74 Å². The van der Waals surface area contributed by atoms with Gasteiger partial charge in [0.1, 0.15) is 0 Å². The molecule has 0 aliphatic carbocycles. The average molecular weight is 262 g/mol. The van der Waals surface area contributed by atoms with Gasteiger partial charge in [-0.15, -0.1) is 0 Å². The van der Waals surface area contributed by atoms with Crippen LogP contribution in [0.5, 0.6) is 0 Å². The molecule has 1 aromatic rings. The molecule has 1 atom stereocenters. The van der Waals surface area contributed by atoms with E-state index in [1.165, 1.54) is 19.1 Å². The summed E-state index contributed by atoms with van der Waals surface area (Å²) in [5.74, 6) is 0. The lowest BCUT2D eigenvalue weighted by atomic mass is 9.89. The van der Waals surface area contributed by atoms with Gasteiger partial charge in [-0.25, -0.2) is 0 Å². The Morgan fingerprint density at radius 3 is 1.78 bits per heavy atom. The predicted octanol–water partition coefficient (Wildman–Crippen LogP) is 4.84. The number of alkyl halides is 3. The van der Waals surface area contributed by atoms with E-state index >= 15 is 0 Å². The van der Waals surface area contributed by atoms with E-state index in [9.17, 15) is 13.2 Å². The molecule has 4 heteroatoms. The zero-order valence-electron chi connectivity index (χ0n) is 11.6. The second kappa shape index (κ2) is 6.78. The third kappa shape index (κ3) is 3.25. The van der Waals surface area contributed by atoms with E-state index in [-0.39, 0.29) is 12.0 Å². The molecule has 0 aliphatic heterocycles. The summed E-state index contributed by atoms with van der Waals surface area (Å²) in [6.45, 7) is 7.30. The number of benzene rings is 1. The molecule has 0 saturated carbocycles. The summed E-state index contributed by atoms with van der Waals surface area (Å²) in [5, 5.41) is 0. The first-order valence-electron chi connectivity index (χ1n) is 6.06. The number of aryl methyl sites for hydroxylation is 1. The summed E-state index contributed by atoms with van der Waals surface area (Å²) in [5.41, 5.74) is -1.12. The summed E-state index contributed by atoms with van der Waals surface area (Å²) in [4.78, 5) is 0. The maximum absolute atomic E-state index is 13.0. The van der Waals surface area contributed by atoms with E-state index in [2.05, 4.69) is 0 Å². The van der Waals surface area contributed by atoms with Crippen molar-refractivity contribution >= 4 is 0 Å². The lowest BCUT2D eigenvalue weighted by Gasteiger charge is -2.34. The van der Waals surface area contributed by atoms with Crippen molar-refractivity contribution in [1.82, 2.24) is 0 Å². The first-order chi connectivity index (χ1) is 8.37. The van der Waals surface area contributed by atoms with Gasteiger partial charge in [-0.3, -0.25) is 0 Å². The molecule has 0 fully saturated rings. The Labute approximate surface area is 107 Å². The minimum atomic E-state index is -4.41. The van der Waals surface area contributed by atoms with Crippen molar-refractivity contribution in [2.24, 2.45) is 0 Å². The second-order valence-corrected chi connectivity index (χ2v) is 3.75. The Kier molecular flexibility index (Phi) is 6.39. The van der Waals surface area contributed by atoms with Crippen molar-refractivity contribution in [1.29, 1.82) is 0 Å². The number of hydrogen-bond acceptors (Lipinski definition) is 1. The predicted molar refractivity (Wildman–Crippen MR) is 67.6 cm³/mol. The van der Waals surface area contributed by atoms with Crippen molar-refractivity contribution in [3.05, 3.63) is 35.4 Å². The van der Waals surface area contributed by atoms with Gasteiger partial charge in [0.05, 0.1) is 0 Å². The molecule has 0 aromatic heterocycles. The number of hydrogen-bond donors (Lipinski definition) is 0. The molecule has 1 rings (SSSR count). The van der Waals surface area contributed by atoms with Crippen molar-refractivity contribution in [3.63, 3.8) is 0 Å². The van der Waals surface area contributed by atoms with Gasteiger partial charge >= 0.3 is 6.18 Å². The highest BCUT2D eigenvalue weighted by atomic mass is 19.4. The van der Waals surface area contributed by atoms with Crippen molar-refractivity contribution in [3.8, 4) is 0 Å². The zero-order chi connectivity index (χ0) is 14.4. The maximum atomic E-state index is 13.0. The number of halogens is 3. The fraction of sp³-hybridized carbons (Fsp3) is 0.571. The van der Waals surface area contributed by atoms with E-state index in [4.69, 9.17) is 4.74 Å². The molecule has 0 aliphatic rings. The van der Waals surface area contributed by atoms with Crippen LogP contribution in [0.3, 0.4) is 0 Å². The summed E-state index contributed by atoms with van der Waals surface area (Å²) >= 11 is 0. The van der Waals surface area contributed by atoms with E-state index < -0.39 is 11.8 Å². The minimum absolute atomic E-state index is 0.143. The van der Waals surface area contributed by atoms with Crippen LogP contribution in [-0.4, -0.2) is 13.3 Å². The third-order valence-electron chi connectivity index (χ3n) is 2.82.